The summed E-state index contributed by atoms with van der Waals surface area (Å²) in [4.78, 5) is 13.6. The van der Waals surface area contributed by atoms with Crippen LogP contribution < -0.4 is 48.9 Å². The van der Waals surface area contributed by atoms with E-state index in [4.69, 9.17) is 34.2 Å². The Balaban J connectivity index is 2.04. The standard InChI is InChI=1S/C28H26N4O7S/c1-34-18-7-14(8-19(35-2)24(18)38-5)9-22-27(33)32-26(31)16(12-29)23(17(13-30)28(32)40-22)15-10-20(36-3)25(39-6)21(11-15)37-4/h7-11,23H,31H2,1-6H3/b22-9-/t23-/m1/s1. The zero-order valence-electron chi connectivity index (χ0n) is 22.6. The molecule has 0 saturated heterocycles. The van der Waals surface area contributed by atoms with Gasteiger partial charge in [0, 0.05) is 0 Å². The number of nitriles is 2. The molecule has 0 amide bonds. The lowest BCUT2D eigenvalue weighted by molar-refractivity contribution is 0.324. The van der Waals surface area contributed by atoms with Gasteiger partial charge in [0.25, 0.3) is 5.56 Å². The largest absolute Gasteiger partial charge is 0.493 e. The molecule has 2 heterocycles. The van der Waals surface area contributed by atoms with E-state index in [-0.39, 0.29) is 21.5 Å². The van der Waals surface area contributed by atoms with E-state index in [1.165, 1.54) is 47.2 Å². The maximum Gasteiger partial charge on any atom is 0.274 e. The van der Waals surface area contributed by atoms with Crippen LogP contribution >= 0.6 is 11.3 Å². The minimum Gasteiger partial charge on any atom is -0.493 e. The van der Waals surface area contributed by atoms with E-state index >= 15 is 0 Å². The number of hydrogen-bond donors (Lipinski definition) is 1. The molecule has 0 saturated carbocycles. The van der Waals surface area contributed by atoms with E-state index in [9.17, 15) is 15.3 Å². The number of aromatic nitrogens is 1. The van der Waals surface area contributed by atoms with Gasteiger partial charge in [0.2, 0.25) is 11.5 Å². The molecule has 0 aliphatic carbocycles. The number of benzene rings is 2. The summed E-state index contributed by atoms with van der Waals surface area (Å²) in [6, 6.07) is 11.0. The lowest BCUT2D eigenvalue weighted by atomic mass is 9.84. The molecule has 0 radical (unpaired) electrons. The first-order valence-corrected chi connectivity index (χ1v) is 12.5. The molecule has 40 heavy (non-hydrogen) atoms. The zero-order valence-corrected chi connectivity index (χ0v) is 23.5. The second-order valence-corrected chi connectivity index (χ2v) is 9.37. The van der Waals surface area contributed by atoms with E-state index in [1.807, 2.05) is 0 Å². The number of methoxy groups -OCH3 is 6. The minimum atomic E-state index is -0.879. The first kappa shape index (κ1) is 28.0. The van der Waals surface area contributed by atoms with Crippen LogP contribution in [0.5, 0.6) is 34.5 Å². The molecule has 1 aliphatic rings. The predicted octanol–water partition coefficient (Wildman–Crippen LogP) is 1.91. The fourth-order valence-electron chi connectivity index (χ4n) is 4.59. The van der Waals surface area contributed by atoms with E-state index in [2.05, 4.69) is 12.1 Å². The number of thiazole rings is 1. The summed E-state index contributed by atoms with van der Waals surface area (Å²) in [5.74, 6) is 1.32. The van der Waals surface area contributed by atoms with Crippen LogP contribution in [0.4, 0.5) is 0 Å². The van der Waals surface area contributed by atoms with Crippen molar-refractivity contribution >= 4 is 28.8 Å². The van der Waals surface area contributed by atoms with E-state index in [0.717, 1.165) is 11.3 Å². The van der Waals surface area contributed by atoms with Gasteiger partial charge in [0.05, 0.1) is 76.4 Å². The van der Waals surface area contributed by atoms with Crippen LogP contribution in [0.25, 0.3) is 17.5 Å². The Kier molecular flexibility index (Phi) is 7.93. The predicted molar refractivity (Wildman–Crippen MR) is 148 cm³/mol. The monoisotopic (exact) mass is 562 g/mol. The fourth-order valence-corrected chi connectivity index (χ4v) is 5.72. The summed E-state index contributed by atoms with van der Waals surface area (Å²) in [7, 11) is 8.89. The molecule has 3 aromatic rings. The fraction of sp³-hybridized carbons (Fsp3) is 0.250. The average Bonchev–Trinajstić information content (AvgIpc) is 3.30. The number of nitrogens with two attached hydrogens (primary N) is 1. The van der Waals surface area contributed by atoms with Crippen LogP contribution in [0.2, 0.25) is 0 Å². The van der Waals surface area contributed by atoms with Crippen molar-refractivity contribution in [3.8, 4) is 46.6 Å². The molecule has 206 valence electrons. The molecule has 1 aromatic heterocycles. The van der Waals surface area contributed by atoms with Crippen molar-refractivity contribution < 1.29 is 28.4 Å². The number of fused-ring (bicyclic) bond motifs is 1. The molecule has 0 spiro atoms. The number of ether oxygens (including phenoxy) is 6. The number of nitrogens with zero attached hydrogens (tertiary/aromatic N) is 3. The second kappa shape index (κ2) is 11.4. The zero-order chi connectivity index (χ0) is 29.1. The smallest absolute Gasteiger partial charge is 0.274 e. The highest BCUT2D eigenvalue weighted by Crippen LogP contribution is 2.44. The maximum absolute atomic E-state index is 13.6. The van der Waals surface area contributed by atoms with Crippen molar-refractivity contribution in [1.29, 1.82) is 10.5 Å². The summed E-state index contributed by atoms with van der Waals surface area (Å²) >= 11 is 1.08. The quantitative estimate of drug-likeness (QED) is 0.431. The van der Waals surface area contributed by atoms with E-state index in [1.54, 1.807) is 30.3 Å². The van der Waals surface area contributed by atoms with E-state index < -0.39 is 11.5 Å². The van der Waals surface area contributed by atoms with Crippen LogP contribution in [0.1, 0.15) is 17.0 Å². The molecule has 12 heteroatoms. The lowest BCUT2D eigenvalue weighted by Crippen LogP contribution is -2.38. The highest BCUT2D eigenvalue weighted by Gasteiger charge is 2.33. The Morgan fingerprint density at radius 1 is 0.800 bits per heavy atom. The number of rotatable bonds is 8. The van der Waals surface area contributed by atoms with Gasteiger partial charge in [-0.15, -0.1) is 11.3 Å². The highest BCUT2D eigenvalue weighted by atomic mass is 32.1. The molecular weight excluding hydrogens is 536 g/mol. The van der Waals surface area contributed by atoms with Gasteiger partial charge in [-0.2, -0.15) is 10.5 Å². The van der Waals surface area contributed by atoms with Crippen LogP contribution in [0.15, 0.2) is 34.6 Å². The molecule has 2 aromatic carbocycles. The summed E-state index contributed by atoms with van der Waals surface area (Å²) in [5, 5.41) is 20.4. The Morgan fingerprint density at radius 2 is 1.27 bits per heavy atom. The van der Waals surface area contributed by atoms with Crippen LogP contribution in [0, 0.1) is 22.7 Å². The van der Waals surface area contributed by atoms with Crippen molar-refractivity contribution in [3.63, 3.8) is 0 Å². The molecule has 2 N–H and O–H groups in total. The van der Waals surface area contributed by atoms with Crippen LogP contribution in [0.3, 0.4) is 0 Å². The van der Waals surface area contributed by atoms with Gasteiger partial charge in [0.15, 0.2) is 23.0 Å². The molecule has 1 atom stereocenters. The normalized spacial score (nSPS) is 14.7. The summed E-state index contributed by atoms with van der Waals surface area (Å²) < 4.78 is 34.4. The second-order valence-electron chi connectivity index (χ2n) is 8.34. The van der Waals surface area contributed by atoms with Gasteiger partial charge >= 0.3 is 0 Å². The van der Waals surface area contributed by atoms with Gasteiger partial charge in [-0.1, -0.05) is 0 Å². The van der Waals surface area contributed by atoms with Gasteiger partial charge in [-0.25, -0.2) is 0 Å². The first-order valence-electron chi connectivity index (χ1n) is 11.7. The molecule has 4 rings (SSSR count). The Labute approximate surface area is 233 Å². The van der Waals surface area contributed by atoms with Gasteiger partial charge in [-0.3, -0.25) is 9.36 Å². The Bertz CT molecular complexity index is 1740. The third-order valence-electron chi connectivity index (χ3n) is 6.39. The Morgan fingerprint density at radius 3 is 1.70 bits per heavy atom. The van der Waals surface area contributed by atoms with Crippen molar-refractivity contribution in [2.24, 2.45) is 5.73 Å². The summed E-state index contributed by atoms with van der Waals surface area (Å²) in [6.07, 6.45) is 1.63. The molecule has 0 bridgehead atoms. The topological polar surface area (TPSA) is 151 Å². The van der Waals surface area contributed by atoms with Crippen molar-refractivity contribution in [2.45, 2.75) is 5.92 Å². The van der Waals surface area contributed by atoms with Crippen molar-refractivity contribution in [2.75, 3.05) is 42.7 Å². The molecule has 0 unspecified atom stereocenters. The van der Waals surface area contributed by atoms with Crippen LogP contribution in [-0.2, 0) is 0 Å². The number of allylic oxidation sites excluding steroid dienone is 1. The van der Waals surface area contributed by atoms with Gasteiger partial charge in [0.1, 0.15) is 10.5 Å². The molecular formula is C28H26N4O7S. The minimum absolute atomic E-state index is 0.0394. The molecule has 1 aliphatic heterocycles. The molecule has 0 fully saturated rings. The third kappa shape index (κ3) is 4.44. The summed E-state index contributed by atoms with van der Waals surface area (Å²) in [5.41, 5.74) is 7.26. The van der Waals surface area contributed by atoms with Crippen molar-refractivity contribution in [1.82, 2.24) is 4.57 Å². The third-order valence-corrected chi connectivity index (χ3v) is 7.50. The first-order chi connectivity index (χ1) is 19.3. The summed E-state index contributed by atoms with van der Waals surface area (Å²) in [6.45, 7) is 0. The molecule has 11 nitrogen and oxygen atoms in total. The Hall–Kier alpha value is -5.07. The number of hydrogen-bond acceptors (Lipinski definition) is 11. The average molecular weight is 563 g/mol. The van der Waals surface area contributed by atoms with E-state index in [0.29, 0.717) is 50.3 Å². The van der Waals surface area contributed by atoms with Crippen LogP contribution in [-0.4, -0.2) is 47.2 Å². The highest BCUT2D eigenvalue weighted by molar-refractivity contribution is 7.07. The van der Waals surface area contributed by atoms with Gasteiger partial charge < -0.3 is 34.2 Å². The van der Waals surface area contributed by atoms with Crippen molar-refractivity contribution in [3.05, 3.63) is 60.5 Å². The maximum atomic E-state index is 13.6. The van der Waals surface area contributed by atoms with Gasteiger partial charge in [-0.05, 0) is 41.5 Å². The SMILES string of the molecule is COc1cc(/C=c2\sc3n(c2=O)C(N)=C(C#N)[C@@H](c2cc(OC)c(OC)c(OC)c2)C=3C#N)cc(OC)c1OC. The lowest BCUT2D eigenvalue weighted by Gasteiger charge is -2.24.